The number of nitrogens with zero attached hydrogens (tertiary/aromatic N) is 1. The average molecular weight is 239 g/mol. The normalized spacial score (nSPS) is 17.2. The predicted molar refractivity (Wildman–Crippen MR) is 73.0 cm³/mol. The molecule has 1 amide bonds. The molecule has 0 N–H and O–H groups in total. The molecule has 2 nitrogen and oxygen atoms in total. The summed E-state index contributed by atoms with van der Waals surface area (Å²) in [6.07, 6.45) is 13.7. The topological polar surface area (TPSA) is 20.3 Å². The molecule has 0 atom stereocenters. The molecule has 0 aliphatic carbocycles. The largest absolute Gasteiger partial charge is 0.343 e. The van der Waals surface area contributed by atoms with Gasteiger partial charge in [-0.05, 0) is 19.3 Å². The van der Waals surface area contributed by atoms with Crippen molar-refractivity contribution in [2.24, 2.45) is 0 Å². The number of hydrogen-bond acceptors (Lipinski definition) is 1. The first-order valence-corrected chi connectivity index (χ1v) is 7.62. The Morgan fingerprint density at radius 1 is 0.941 bits per heavy atom. The molecule has 1 heterocycles. The first-order valence-electron chi connectivity index (χ1n) is 7.62. The van der Waals surface area contributed by atoms with Gasteiger partial charge in [0.15, 0.2) is 0 Å². The van der Waals surface area contributed by atoms with Crippen LogP contribution in [-0.4, -0.2) is 23.9 Å². The summed E-state index contributed by atoms with van der Waals surface area (Å²) in [5.41, 5.74) is 0. The zero-order valence-corrected chi connectivity index (χ0v) is 11.5. The maximum absolute atomic E-state index is 11.7. The lowest BCUT2D eigenvalue weighted by Gasteiger charge is -2.20. The zero-order valence-electron chi connectivity index (χ0n) is 11.5. The van der Waals surface area contributed by atoms with Crippen LogP contribution in [0.1, 0.15) is 77.6 Å². The molecule has 0 aromatic heterocycles. The standard InChI is InChI=1S/C15H29NO/c1-2-3-4-5-6-7-10-13-16-14-11-8-9-12-15(16)17/h2-14H2,1H3. The van der Waals surface area contributed by atoms with E-state index >= 15 is 0 Å². The van der Waals surface area contributed by atoms with Gasteiger partial charge in [0.1, 0.15) is 0 Å². The first kappa shape index (κ1) is 14.5. The minimum atomic E-state index is 0.397. The van der Waals surface area contributed by atoms with Crippen LogP contribution in [0.2, 0.25) is 0 Å². The number of rotatable bonds is 8. The molecule has 2 heteroatoms. The van der Waals surface area contributed by atoms with Crippen molar-refractivity contribution in [1.82, 2.24) is 4.90 Å². The van der Waals surface area contributed by atoms with Gasteiger partial charge in [0.05, 0.1) is 0 Å². The van der Waals surface area contributed by atoms with Crippen LogP contribution in [0.4, 0.5) is 0 Å². The van der Waals surface area contributed by atoms with E-state index in [9.17, 15) is 4.79 Å². The van der Waals surface area contributed by atoms with Gasteiger partial charge in [-0.15, -0.1) is 0 Å². The Morgan fingerprint density at radius 3 is 2.41 bits per heavy atom. The molecule has 1 aliphatic heterocycles. The summed E-state index contributed by atoms with van der Waals surface area (Å²) in [6.45, 7) is 4.27. The van der Waals surface area contributed by atoms with Gasteiger partial charge in [-0.3, -0.25) is 4.79 Å². The number of hydrogen-bond donors (Lipinski definition) is 0. The fourth-order valence-corrected chi connectivity index (χ4v) is 2.53. The minimum Gasteiger partial charge on any atom is -0.343 e. The minimum absolute atomic E-state index is 0.397. The van der Waals surface area contributed by atoms with Gasteiger partial charge in [0, 0.05) is 19.5 Å². The highest BCUT2D eigenvalue weighted by Gasteiger charge is 2.15. The molecule has 0 bridgehead atoms. The van der Waals surface area contributed by atoms with E-state index in [1.807, 2.05) is 0 Å². The van der Waals surface area contributed by atoms with Gasteiger partial charge in [-0.1, -0.05) is 51.9 Å². The molecular formula is C15H29NO. The van der Waals surface area contributed by atoms with Crippen molar-refractivity contribution in [1.29, 1.82) is 0 Å². The highest BCUT2D eigenvalue weighted by Crippen LogP contribution is 2.13. The van der Waals surface area contributed by atoms with Crippen molar-refractivity contribution in [2.75, 3.05) is 13.1 Å². The lowest BCUT2D eigenvalue weighted by Crippen LogP contribution is -2.31. The van der Waals surface area contributed by atoms with E-state index in [0.717, 1.165) is 25.9 Å². The molecule has 0 aromatic carbocycles. The SMILES string of the molecule is CCCCCCCCCN1CCCCCC1=O. The Bertz CT molecular complexity index is 203. The molecule has 0 spiro atoms. The molecule has 0 saturated carbocycles. The van der Waals surface area contributed by atoms with E-state index in [2.05, 4.69) is 11.8 Å². The smallest absolute Gasteiger partial charge is 0.222 e. The van der Waals surface area contributed by atoms with Crippen LogP contribution in [0.5, 0.6) is 0 Å². The van der Waals surface area contributed by atoms with Gasteiger partial charge < -0.3 is 4.90 Å². The Morgan fingerprint density at radius 2 is 1.65 bits per heavy atom. The van der Waals surface area contributed by atoms with Crippen LogP contribution in [-0.2, 0) is 4.79 Å². The highest BCUT2D eigenvalue weighted by molar-refractivity contribution is 5.76. The van der Waals surface area contributed by atoms with Crippen LogP contribution in [0.25, 0.3) is 0 Å². The monoisotopic (exact) mass is 239 g/mol. The van der Waals surface area contributed by atoms with Crippen molar-refractivity contribution in [3.8, 4) is 0 Å². The Kier molecular flexibility index (Phi) is 8.12. The second-order valence-electron chi connectivity index (χ2n) is 5.31. The van der Waals surface area contributed by atoms with Gasteiger partial charge in [-0.25, -0.2) is 0 Å². The fraction of sp³-hybridized carbons (Fsp3) is 0.933. The number of likely N-dealkylation sites (tertiary alicyclic amines) is 1. The fourth-order valence-electron chi connectivity index (χ4n) is 2.53. The van der Waals surface area contributed by atoms with E-state index in [1.54, 1.807) is 0 Å². The zero-order chi connectivity index (χ0) is 12.3. The quantitative estimate of drug-likeness (QED) is 0.583. The maximum Gasteiger partial charge on any atom is 0.222 e. The summed E-state index contributed by atoms with van der Waals surface area (Å²) in [5.74, 6) is 0.397. The summed E-state index contributed by atoms with van der Waals surface area (Å²) < 4.78 is 0. The van der Waals surface area contributed by atoms with Gasteiger partial charge >= 0.3 is 0 Å². The number of carbonyl (C=O) groups excluding carboxylic acids is 1. The second-order valence-corrected chi connectivity index (χ2v) is 5.31. The Balaban J connectivity index is 1.99. The van der Waals surface area contributed by atoms with E-state index in [1.165, 1.54) is 57.8 Å². The Labute approximate surface area is 107 Å². The van der Waals surface area contributed by atoms with Gasteiger partial charge in [-0.2, -0.15) is 0 Å². The molecule has 17 heavy (non-hydrogen) atoms. The van der Waals surface area contributed by atoms with Crippen molar-refractivity contribution in [3.63, 3.8) is 0 Å². The molecule has 0 radical (unpaired) electrons. The third kappa shape index (κ3) is 6.70. The lowest BCUT2D eigenvalue weighted by atomic mass is 10.1. The van der Waals surface area contributed by atoms with Gasteiger partial charge in [0.2, 0.25) is 5.91 Å². The summed E-state index contributed by atoms with van der Waals surface area (Å²) in [4.78, 5) is 13.8. The molecule has 0 unspecified atom stereocenters. The van der Waals surface area contributed by atoms with Crippen molar-refractivity contribution < 1.29 is 4.79 Å². The first-order chi connectivity index (χ1) is 8.34. The third-order valence-electron chi connectivity index (χ3n) is 3.70. The predicted octanol–water partition coefficient (Wildman–Crippen LogP) is 4.14. The molecule has 1 aliphatic rings. The number of carbonyl (C=O) groups is 1. The lowest BCUT2D eigenvalue weighted by molar-refractivity contribution is -0.130. The molecule has 1 rings (SSSR count). The molecule has 100 valence electrons. The summed E-state index contributed by atoms with van der Waals surface area (Å²) in [7, 11) is 0. The van der Waals surface area contributed by atoms with Crippen LogP contribution in [0, 0.1) is 0 Å². The van der Waals surface area contributed by atoms with E-state index in [4.69, 9.17) is 0 Å². The van der Waals surface area contributed by atoms with Crippen LogP contribution in [0.3, 0.4) is 0 Å². The highest BCUT2D eigenvalue weighted by atomic mass is 16.2. The van der Waals surface area contributed by atoms with Crippen molar-refractivity contribution in [2.45, 2.75) is 77.6 Å². The van der Waals surface area contributed by atoms with Crippen LogP contribution >= 0.6 is 0 Å². The summed E-state index contributed by atoms with van der Waals surface area (Å²) in [6, 6.07) is 0. The number of amides is 1. The molecular weight excluding hydrogens is 210 g/mol. The summed E-state index contributed by atoms with van der Waals surface area (Å²) >= 11 is 0. The van der Waals surface area contributed by atoms with Crippen molar-refractivity contribution in [3.05, 3.63) is 0 Å². The molecule has 1 saturated heterocycles. The summed E-state index contributed by atoms with van der Waals surface area (Å²) in [5, 5.41) is 0. The van der Waals surface area contributed by atoms with Crippen LogP contribution in [0.15, 0.2) is 0 Å². The van der Waals surface area contributed by atoms with E-state index in [0.29, 0.717) is 5.91 Å². The van der Waals surface area contributed by atoms with Crippen molar-refractivity contribution >= 4 is 5.91 Å². The molecule has 0 aromatic rings. The Hall–Kier alpha value is -0.530. The van der Waals surface area contributed by atoms with E-state index < -0.39 is 0 Å². The average Bonchev–Trinajstić information content (AvgIpc) is 2.53. The third-order valence-corrected chi connectivity index (χ3v) is 3.70. The van der Waals surface area contributed by atoms with Crippen LogP contribution < -0.4 is 0 Å². The number of unbranched alkanes of at least 4 members (excludes halogenated alkanes) is 6. The maximum atomic E-state index is 11.7. The van der Waals surface area contributed by atoms with Gasteiger partial charge in [0.25, 0.3) is 0 Å². The second kappa shape index (κ2) is 9.49. The molecule has 1 fully saturated rings. The van der Waals surface area contributed by atoms with E-state index in [-0.39, 0.29) is 0 Å².